The Hall–Kier alpha value is -4.78. The Labute approximate surface area is 219 Å². The van der Waals surface area contributed by atoms with Crippen molar-refractivity contribution in [2.75, 3.05) is 5.32 Å². The Balaban J connectivity index is 1.39. The number of nitrogens with one attached hydrogen (secondary N) is 3. The number of fused-ring (bicyclic) bond motifs is 2. The molecule has 6 rings (SSSR count). The number of rotatable bonds is 5. The van der Waals surface area contributed by atoms with Crippen LogP contribution in [0.15, 0.2) is 91.5 Å². The largest absolute Gasteiger partial charge is 0.358 e. The molecule has 0 radical (unpaired) electrons. The van der Waals surface area contributed by atoms with Crippen LogP contribution in [0, 0.1) is 11.2 Å². The Bertz CT molecular complexity index is 1800. The summed E-state index contributed by atoms with van der Waals surface area (Å²) in [4.78, 5) is 12.5. The average molecular weight is 503 g/mol. The van der Waals surface area contributed by atoms with E-state index in [1.165, 1.54) is 12.1 Å². The minimum Gasteiger partial charge on any atom is -0.358 e. The SMILES string of the molecule is C=C(Nc1cncc(-c2ccc3[nH]nc(-c4cc5c(-c6ccc(F)cc6)nccc5[nH]4)c3c2)c1)C(C)(C)C. The topological polar surface area (TPSA) is 82.3 Å². The molecule has 0 saturated carbocycles. The van der Waals surface area contributed by atoms with Gasteiger partial charge in [-0.2, -0.15) is 5.10 Å². The van der Waals surface area contributed by atoms with Crippen molar-refractivity contribution in [3.63, 3.8) is 0 Å². The fourth-order valence-corrected chi connectivity index (χ4v) is 4.45. The van der Waals surface area contributed by atoms with Crippen LogP contribution in [-0.2, 0) is 0 Å². The van der Waals surface area contributed by atoms with E-state index in [1.807, 2.05) is 24.4 Å². The van der Waals surface area contributed by atoms with Crippen molar-refractivity contribution in [1.29, 1.82) is 0 Å². The number of nitrogens with zero attached hydrogens (tertiary/aromatic N) is 3. The van der Waals surface area contributed by atoms with Crippen molar-refractivity contribution in [2.24, 2.45) is 5.41 Å². The number of aromatic nitrogens is 5. The van der Waals surface area contributed by atoms with Gasteiger partial charge < -0.3 is 10.3 Å². The van der Waals surface area contributed by atoms with E-state index in [0.717, 1.165) is 67.0 Å². The average Bonchev–Trinajstić information content (AvgIpc) is 3.52. The molecule has 0 aliphatic heterocycles. The molecule has 0 saturated heterocycles. The first kappa shape index (κ1) is 23.6. The monoisotopic (exact) mass is 502 g/mol. The van der Waals surface area contributed by atoms with E-state index in [2.05, 4.69) is 76.0 Å². The predicted octanol–water partition coefficient (Wildman–Crippen LogP) is 7.95. The van der Waals surface area contributed by atoms with Crippen molar-refractivity contribution in [1.82, 2.24) is 25.1 Å². The third-order valence-electron chi connectivity index (χ3n) is 6.76. The molecule has 3 N–H and O–H groups in total. The smallest absolute Gasteiger partial charge is 0.123 e. The standard InChI is InChI=1S/C31H27FN6/c1-18(31(2,3)4)35-23-13-21(16-33-17-23)20-7-10-27-24(14-20)30(38-37-27)28-15-25-26(36-28)11-12-34-29(25)19-5-8-22(32)9-6-19/h5-17,35-36H,1H2,2-4H3,(H,37,38). The summed E-state index contributed by atoms with van der Waals surface area (Å²) in [6.07, 6.45) is 5.42. The number of benzene rings is 2. The van der Waals surface area contributed by atoms with E-state index in [9.17, 15) is 4.39 Å². The molecular formula is C31H27FN6. The summed E-state index contributed by atoms with van der Waals surface area (Å²) in [5.74, 6) is -0.273. The second kappa shape index (κ2) is 8.95. The van der Waals surface area contributed by atoms with Gasteiger partial charge >= 0.3 is 0 Å². The van der Waals surface area contributed by atoms with Crippen molar-refractivity contribution in [2.45, 2.75) is 20.8 Å². The van der Waals surface area contributed by atoms with Crippen LogP contribution in [0.5, 0.6) is 0 Å². The molecule has 0 spiro atoms. The van der Waals surface area contributed by atoms with E-state index < -0.39 is 0 Å². The van der Waals surface area contributed by atoms with Gasteiger partial charge in [0.05, 0.1) is 28.8 Å². The lowest BCUT2D eigenvalue weighted by Gasteiger charge is -2.23. The lowest BCUT2D eigenvalue weighted by Crippen LogP contribution is -2.15. The van der Waals surface area contributed by atoms with Gasteiger partial charge in [0.15, 0.2) is 0 Å². The van der Waals surface area contributed by atoms with Gasteiger partial charge in [0.2, 0.25) is 0 Å². The molecule has 0 bridgehead atoms. The summed E-state index contributed by atoms with van der Waals surface area (Å²) in [5.41, 5.74) is 8.97. The van der Waals surface area contributed by atoms with Crippen LogP contribution in [0.25, 0.3) is 55.6 Å². The zero-order valence-electron chi connectivity index (χ0n) is 21.4. The van der Waals surface area contributed by atoms with Crippen LogP contribution in [0.2, 0.25) is 0 Å². The molecule has 4 aromatic heterocycles. The number of aromatic amines is 2. The van der Waals surface area contributed by atoms with E-state index in [1.54, 1.807) is 24.5 Å². The highest BCUT2D eigenvalue weighted by molar-refractivity contribution is 6.00. The molecule has 6 aromatic rings. The summed E-state index contributed by atoms with van der Waals surface area (Å²) in [6, 6.07) is 18.7. The first-order valence-corrected chi connectivity index (χ1v) is 12.4. The van der Waals surface area contributed by atoms with Gasteiger partial charge in [-0.05, 0) is 60.2 Å². The zero-order chi connectivity index (χ0) is 26.4. The number of halogens is 1. The Morgan fingerprint density at radius 3 is 2.39 bits per heavy atom. The molecule has 6 nitrogen and oxygen atoms in total. The molecule has 188 valence electrons. The molecular weight excluding hydrogens is 475 g/mol. The highest BCUT2D eigenvalue weighted by Crippen LogP contribution is 2.35. The van der Waals surface area contributed by atoms with Gasteiger partial charge in [0.25, 0.3) is 0 Å². The number of anilines is 1. The summed E-state index contributed by atoms with van der Waals surface area (Å²) in [6.45, 7) is 10.5. The third-order valence-corrected chi connectivity index (χ3v) is 6.76. The zero-order valence-corrected chi connectivity index (χ0v) is 21.4. The van der Waals surface area contributed by atoms with Crippen molar-refractivity contribution in [3.8, 4) is 33.8 Å². The maximum Gasteiger partial charge on any atom is 0.123 e. The molecule has 4 heterocycles. The van der Waals surface area contributed by atoms with Crippen LogP contribution >= 0.6 is 0 Å². The molecule has 0 amide bonds. The molecule has 38 heavy (non-hydrogen) atoms. The second-order valence-corrected chi connectivity index (χ2v) is 10.5. The third kappa shape index (κ3) is 4.32. The summed E-state index contributed by atoms with van der Waals surface area (Å²) in [5, 5.41) is 13.1. The molecule has 0 aliphatic carbocycles. The molecule has 0 fully saturated rings. The minimum absolute atomic E-state index is 0.0632. The van der Waals surface area contributed by atoms with Crippen LogP contribution in [0.1, 0.15) is 20.8 Å². The van der Waals surface area contributed by atoms with Crippen molar-refractivity contribution < 1.29 is 4.39 Å². The highest BCUT2D eigenvalue weighted by atomic mass is 19.1. The van der Waals surface area contributed by atoms with Gasteiger partial charge in [-0.1, -0.05) is 33.4 Å². The highest BCUT2D eigenvalue weighted by Gasteiger charge is 2.17. The number of hydrogen-bond acceptors (Lipinski definition) is 4. The van der Waals surface area contributed by atoms with Crippen LogP contribution < -0.4 is 5.32 Å². The number of hydrogen-bond donors (Lipinski definition) is 3. The van der Waals surface area contributed by atoms with E-state index in [4.69, 9.17) is 0 Å². The molecule has 2 aromatic carbocycles. The van der Waals surface area contributed by atoms with Crippen LogP contribution in [0.4, 0.5) is 10.1 Å². The van der Waals surface area contributed by atoms with Gasteiger partial charge in [0.1, 0.15) is 11.5 Å². The van der Waals surface area contributed by atoms with Gasteiger partial charge in [-0.25, -0.2) is 4.39 Å². The Morgan fingerprint density at radius 1 is 0.842 bits per heavy atom. The number of allylic oxidation sites excluding steroid dienone is 1. The van der Waals surface area contributed by atoms with Crippen LogP contribution in [0.3, 0.4) is 0 Å². The van der Waals surface area contributed by atoms with Crippen molar-refractivity contribution in [3.05, 3.63) is 97.3 Å². The summed E-state index contributed by atoms with van der Waals surface area (Å²) < 4.78 is 13.5. The predicted molar refractivity (Wildman–Crippen MR) is 152 cm³/mol. The lowest BCUT2D eigenvalue weighted by molar-refractivity contribution is 0.509. The van der Waals surface area contributed by atoms with E-state index in [-0.39, 0.29) is 11.2 Å². The molecule has 0 atom stereocenters. The molecule has 0 unspecified atom stereocenters. The van der Waals surface area contributed by atoms with Gasteiger partial charge in [-0.15, -0.1) is 0 Å². The number of H-pyrrole nitrogens is 2. The Kier molecular flexibility index (Phi) is 5.56. The van der Waals surface area contributed by atoms with Crippen molar-refractivity contribution >= 4 is 27.5 Å². The molecule has 7 heteroatoms. The first-order chi connectivity index (χ1) is 18.3. The summed E-state index contributed by atoms with van der Waals surface area (Å²) >= 11 is 0. The second-order valence-electron chi connectivity index (χ2n) is 10.5. The lowest BCUT2D eigenvalue weighted by atomic mass is 9.93. The number of pyridine rings is 2. The molecule has 0 aliphatic rings. The minimum atomic E-state index is -0.273. The van der Waals surface area contributed by atoms with Gasteiger partial charge in [0, 0.05) is 50.9 Å². The maximum absolute atomic E-state index is 13.5. The van der Waals surface area contributed by atoms with E-state index >= 15 is 0 Å². The summed E-state index contributed by atoms with van der Waals surface area (Å²) in [7, 11) is 0. The fraction of sp³-hybridized carbons (Fsp3) is 0.129. The normalized spacial score (nSPS) is 11.8. The van der Waals surface area contributed by atoms with E-state index in [0.29, 0.717) is 0 Å². The quantitative estimate of drug-likeness (QED) is 0.223. The van der Waals surface area contributed by atoms with Gasteiger partial charge in [-0.3, -0.25) is 15.1 Å². The Morgan fingerprint density at radius 2 is 1.61 bits per heavy atom. The fourth-order valence-electron chi connectivity index (χ4n) is 4.45. The first-order valence-electron chi connectivity index (χ1n) is 12.4. The maximum atomic E-state index is 13.5. The van der Waals surface area contributed by atoms with Crippen LogP contribution in [-0.4, -0.2) is 25.1 Å².